The van der Waals surface area contributed by atoms with Crippen LogP contribution in [0, 0.1) is 11.3 Å². The first-order valence-corrected chi connectivity index (χ1v) is 20.3. The van der Waals surface area contributed by atoms with Crippen LogP contribution < -0.4 is 10.1 Å². The summed E-state index contributed by atoms with van der Waals surface area (Å²) in [6.45, 7) is 1.14. The van der Waals surface area contributed by atoms with E-state index in [1.807, 2.05) is 0 Å². The zero-order valence-corrected chi connectivity index (χ0v) is 32.0. The third kappa shape index (κ3) is 11.7. The second-order valence-corrected chi connectivity index (χ2v) is 17.1. The van der Waals surface area contributed by atoms with E-state index in [1.165, 1.54) is 51.4 Å². The molecule has 0 bridgehead atoms. The lowest BCUT2D eigenvalue weighted by molar-refractivity contribution is -0.153. The number of hydrogen-bond donors (Lipinski definition) is 2. The van der Waals surface area contributed by atoms with E-state index >= 15 is 0 Å². The fourth-order valence-electron chi connectivity index (χ4n) is 6.67. The minimum atomic E-state index is -4.64. The molecule has 3 aliphatic rings. The lowest BCUT2D eigenvalue weighted by atomic mass is 9.93. The second kappa shape index (κ2) is 18.1. The number of nitrogens with zero attached hydrogens (tertiary/aromatic N) is 2. The Kier molecular flexibility index (Phi) is 14.6. The maximum atomic E-state index is 13.5. The zero-order chi connectivity index (χ0) is 40.7. The number of carboxylic acid groups (broad SMARTS) is 1. The van der Waals surface area contributed by atoms with Crippen LogP contribution in [0.2, 0.25) is 5.02 Å². The van der Waals surface area contributed by atoms with Crippen molar-refractivity contribution in [2.24, 2.45) is 0 Å². The number of amides is 1. The molecule has 5 rings (SSSR count). The number of rotatable bonds is 17. The molecule has 2 aromatic rings. The first-order chi connectivity index (χ1) is 25.8. The fourth-order valence-corrected chi connectivity index (χ4v) is 8.90. The van der Waals surface area contributed by atoms with Crippen LogP contribution in [0.25, 0.3) is 0 Å². The summed E-state index contributed by atoms with van der Waals surface area (Å²) in [5.74, 6) is -2.52. The minimum absolute atomic E-state index is 0.110. The van der Waals surface area contributed by atoms with Crippen molar-refractivity contribution in [3.63, 3.8) is 0 Å². The van der Waals surface area contributed by atoms with Gasteiger partial charge in [0, 0.05) is 12.6 Å². The van der Waals surface area contributed by atoms with E-state index in [2.05, 4.69) is 23.0 Å². The smallest absolute Gasteiger partial charge is 0.422 e. The van der Waals surface area contributed by atoms with E-state index in [4.69, 9.17) is 16.9 Å². The van der Waals surface area contributed by atoms with E-state index in [0.717, 1.165) is 66.8 Å². The monoisotopic (exact) mass is 821 g/mol. The van der Waals surface area contributed by atoms with Gasteiger partial charge in [0.1, 0.15) is 17.3 Å². The van der Waals surface area contributed by atoms with E-state index in [1.54, 1.807) is 0 Å². The number of carbonyl (C=O) groups excluding carboxylic acids is 1. The highest BCUT2D eigenvalue weighted by Gasteiger charge is 2.57. The van der Waals surface area contributed by atoms with E-state index in [0.29, 0.717) is 0 Å². The highest BCUT2D eigenvalue weighted by molar-refractivity contribution is 7.92. The predicted molar refractivity (Wildman–Crippen MR) is 192 cm³/mol. The molecule has 2 aliphatic carbocycles. The number of halogens is 7. The molecule has 304 valence electrons. The third-order valence-electron chi connectivity index (χ3n) is 10.2. The number of carbonyl (C=O) groups is 2. The standard InChI is InChI=1S/C24H20ClF6NO6S.C14H26N2/c25-17-9-15(38-12-23(26,27)28)5-6-19(17)39(36,37)16-10-18(20(33)34)32(11-16)21(35)22(7-8-22)13-1-3-14(4-2-13)24(29,30)31;1-2-3-4-5-6-7-8-9-12-16-14(13-15)10-11-14/h1-6,9,16,18H,7-8,10-12H2,(H,33,34);16H,2-12H2,1H3/t16-,18+;/m1./s1. The Hall–Kier alpha value is -3.55. The summed E-state index contributed by atoms with van der Waals surface area (Å²) in [6.07, 6.45) is 3.73. The number of sulfone groups is 1. The average Bonchev–Trinajstić information content (AvgIpc) is 4.05. The Balaban J connectivity index is 0.000000352. The molecule has 0 unspecified atom stereocenters. The average molecular weight is 822 g/mol. The molecule has 17 heteroatoms. The van der Waals surface area contributed by atoms with Gasteiger partial charge in [-0.25, -0.2) is 13.2 Å². The number of hydrogen-bond acceptors (Lipinski definition) is 7. The summed E-state index contributed by atoms with van der Waals surface area (Å²) in [7, 11) is -4.37. The van der Waals surface area contributed by atoms with Crippen LogP contribution in [-0.2, 0) is 31.0 Å². The van der Waals surface area contributed by atoms with Gasteiger partial charge in [-0.15, -0.1) is 0 Å². The van der Waals surface area contributed by atoms with Gasteiger partial charge in [0.25, 0.3) is 0 Å². The molecule has 1 aliphatic heterocycles. The van der Waals surface area contributed by atoms with Gasteiger partial charge in [-0.2, -0.15) is 31.6 Å². The number of ether oxygens (including phenoxy) is 1. The van der Waals surface area contributed by atoms with Gasteiger partial charge < -0.3 is 14.7 Å². The van der Waals surface area contributed by atoms with Crippen LogP contribution in [0.3, 0.4) is 0 Å². The minimum Gasteiger partial charge on any atom is -0.484 e. The summed E-state index contributed by atoms with van der Waals surface area (Å²) < 4.78 is 107. The van der Waals surface area contributed by atoms with Crippen molar-refractivity contribution < 1.29 is 54.2 Å². The van der Waals surface area contributed by atoms with Gasteiger partial charge in [-0.05, 0) is 74.9 Å². The predicted octanol–water partition coefficient (Wildman–Crippen LogP) is 8.63. The van der Waals surface area contributed by atoms with Crippen molar-refractivity contribution in [3.8, 4) is 11.8 Å². The van der Waals surface area contributed by atoms with Gasteiger partial charge in [-0.3, -0.25) is 10.1 Å². The molecule has 1 saturated heterocycles. The summed E-state index contributed by atoms with van der Waals surface area (Å²) in [4.78, 5) is 25.9. The maximum absolute atomic E-state index is 13.5. The lowest BCUT2D eigenvalue weighted by Crippen LogP contribution is -2.46. The second-order valence-electron chi connectivity index (χ2n) is 14.5. The molecule has 2 atom stereocenters. The molecule has 2 aromatic carbocycles. The zero-order valence-electron chi connectivity index (χ0n) is 30.4. The first kappa shape index (κ1) is 44.2. The molecule has 55 heavy (non-hydrogen) atoms. The number of unbranched alkanes of at least 4 members (excludes halogenated alkanes) is 7. The van der Waals surface area contributed by atoms with Crippen LogP contribution in [0.4, 0.5) is 26.3 Å². The van der Waals surface area contributed by atoms with E-state index in [9.17, 15) is 49.5 Å². The molecular weight excluding hydrogens is 776 g/mol. The molecule has 9 nitrogen and oxygen atoms in total. The van der Waals surface area contributed by atoms with Crippen LogP contribution in [0.5, 0.6) is 5.75 Å². The Morgan fingerprint density at radius 3 is 2.05 bits per heavy atom. The molecule has 2 saturated carbocycles. The number of nitriles is 1. The van der Waals surface area contributed by atoms with Crippen LogP contribution in [0.15, 0.2) is 47.4 Å². The molecule has 1 heterocycles. The molecule has 0 aromatic heterocycles. The van der Waals surface area contributed by atoms with E-state index in [-0.39, 0.29) is 29.7 Å². The molecule has 2 N–H and O–H groups in total. The molecule has 0 radical (unpaired) electrons. The molecule has 3 fully saturated rings. The summed E-state index contributed by atoms with van der Waals surface area (Å²) in [5.41, 5.74) is -2.04. The Morgan fingerprint density at radius 1 is 0.964 bits per heavy atom. The van der Waals surface area contributed by atoms with Gasteiger partial charge >= 0.3 is 18.3 Å². The number of carboxylic acids is 1. The Morgan fingerprint density at radius 2 is 1.56 bits per heavy atom. The van der Waals surface area contributed by atoms with Gasteiger partial charge in [0.2, 0.25) is 5.91 Å². The largest absolute Gasteiger partial charge is 0.484 e. The van der Waals surface area contributed by atoms with Gasteiger partial charge in [0.05, 0.1) is 32.2 Å². The van der Waals surface area contributed by atoms with Crippen LogP contribution >= 0.6 is 11.6 Å². The summed E-state index contributed by atoms with van der Waals surface area (Å²) in [5, 5.41) is 20.1. The van der Waals surface area contributed by atoms with Crippen molar-refractivity contribution in [1.82, 2.24) is 10.2 Å². The fraction of sp³-hybridized carbons (Fsp3) is 0.605. The van der Waals surface area contributed by atoms with Crippen molar-refractivity contribution in [2.75, 3.05) is 19.7 Å². The third-order valence-corrected chi connectivity index (χ3v) is 12.9. The number of benzene rings is 2. The summed E-state index contributed by atoms with van der Waals surface area (Å²) in [6, 6.07) is 7.57. The van der Waals surface area contributed by atoms with Crippen LogP contribution in [-0.4, -0.2) is 73.0 Å². The molecule has 0 spiro atoms. The SMILES string of the molecule is CCCCCCCCCCNC1(C#N)CC1.O=C(O)[C@@H]1C[C@@H](S(=O)(=O)c2ccc(OCC(F)(F)F)cc2Cl)CN1C(=O)C1(c2ccc(C(F)(F)F)cc2)CC1. The topological polar surface area (TPSA) is 137 Å². The van der Waals surface area contributed by atoms with Crippen molar-refractivity contribution >= 4 is 33.3 Å². The van der Waals surface area contributed by atoms with E-state index < -0.39 is 85.8 Å². The molecular formula is C38H46ClF6N3O6S. The first-order valence-electron chi connectivity index (χ1n) is 18.4. The number of aliphatic carboxylic acids is 1. The maximum Gasteiger partial charge on any atom is 0.422 e. The van der Waals surface area contributed by atoms with Crippen molar-refractivity contribution in [2.45, 2.75) is 130 Å². The lowest BCUT2D eigenvalue weighted by Gasteiger charge is -2.27. The van der Waals surface area contributed by atoms with Crippen molar-refractivity contribution in [1.29, 1.82) is 5.26 Å². The normalized spacial score (nSPS) is 19.9. The highest BCUT2D eigenvalue weighted by Crippen LogP contribution is 2.51. The highest BCUT2D eigenvalue weighted by atomic mass is 35.5. The summed E-state index contributed by atoms with van der Waals surface area (Å²) >= 11 is 6.03. The van der Waals surface area contributed by atoms with Crippen LogP contribution in [0.1, 0.15) is 102 Å². The van der Waals surface area contributed by atoms with Gasteiger partial charge in [0.15, 0.2) is 16.4 Å². The number of likely N-dealkylation sites (tertiary alicyclic amines) is 1. The quantitative estimate of drug-likeness (QED) is 0.120. The van der Waals surface area contributed by atoms with Crippen molar-refractivity contribution in [3.05, 3.63) is 58.6 Å². The molecule has 1 amide bonds. The number of alkyl halides is 6. The van der Waals surface area contributed by atoms with Gasteiger partial charge in [-0.1, -0.05) is 75.6 Å². The number of nitrogens with one attached hydrogen (secondary N) is 1. The Labute approximate surface area is 322 Å². The Bertz CT molecular complexity index is 1790.